The van der Waals surface area contributed by atoms with Crippen molar-refractivity contribution in [1.29, 1.82) is 0 Å². The molecule has 0 radical (unpaired) electrons. The summed E-state index contributed by atoms with van der Waals surface area (Å²) < 4.78 is 11.3. The van der Waals surface area contributed by atoms with Gasteiger partial charge in [-0.25, -0.2) is 9.78 Å². The first kappa shape index (κ1) is 18.6. The number of aromatic amines is 1. The highest BCUT2D eigenvalue weighted by Crippen LogP contribution is 2.41. The standard InChI is InChI=1S/C21H22ClN3O3/c1-12-17(18-14(22)7-8-23-19(18)24-12)13-5-6-16-15(11-13)25(9-10-27-16)20(26)28-21(2,3)4/h5-8,11H,9-10H2,1-4H3,(H,23,24). The fourth-order valence-electron chi connectivity index (χ4n) is 3.44. The smallest absolute Gasteiger partial charge is 0.415 e. The molecule has 1 amide bonds. The van der Waals surface area contributed by atoms with Crippen LogP contribution in [0.5, 0.6) is 5.75 Å². The molecule has 0 spiro atoms. The van der Waals surface area contributed by atoms with Crippen molar-refractivity contribution in [2.75, 3.05) is 18.1 Å². The molecule has 2 aromatic heterocycles. The quantitative estimate of drug-likeness (QED) is 0.600. The van der Waals surface area contributed by atoms with E-state index < -0.39 is 5.60 Å². The van der Waals surface area contributed by atoms with Crippen molar-refractivity contribution in [1.82, 2.24) is 9.97 Å². The van der Waals surface area contributed by atoms with Crippen molar-refractivity contribution < 1.29 is 14.3 Å². The predicted molar refractivity (Wildman–Crippen MR) is 110 cm³/mol. The maximum absolute atomic E-state index is 12.7. The number of aryl methyl sites for hydroxylation is 1. The second-order valence-corrected chi connectivity index (χ2v) is 8.21. The van der Waals surface area contributed by atoms with E-state index in [1.807, 2.05) is 45.9 Å². The van der Waals surface area contributed by atoms with E-state index >= 15 is 0 Å². The third-order valence-corrected chi connectivity index (χ3v) is 4.87. The number of fused-ring (bicyclic) bond motifs is 2. The number of amides is 1. The number of hydrogen-bond donors (Lipinski definition) is 1. The minimum Gasteiger partial charge on any atom is -0.490 e. The van der Waals surface area contributed by atoms with Crippen LogP contribution >= 0.6 is 11.6 Å². The van der Waals surface area contributed by atoms with Gasteiger partial charge in [-0.1, -0.05) is 17.7 Å². The summed E-state index contributed by atoms with van der Waals surface area (Å²) in [6, 6.07) is 7.56. The number of nitrogens with zero attached hydrogens (tertiary/aromatic N) is 2. The summed E-state index contributed by atoms with van der Waals surface area (Å²) in [7, 11) is 0. The highest BCUT2D eigenvalue weighted by Gasteiger charge is 2.29. The number of rotatable bonds is 1. The molecule has 0 fully saturated rings. The molecule has 0 saturated carbocycles. The molecule has 0 saturated heterocycles. The Labute approximate surface area is 168 Å². The molecule has 28 heavy (non-hydrogen) atoms. The maximum atomic E-state index is 12.7. The summed E-state index contributed by atoms with van der Waals surface area (Å²) in [5, 5.41) is 1.49. The van der Waals surface area contributed by atoms with Crippen molar-refractivity contribution in [2.45, 2.75) is 33.3 Å². The Morgan fingerprint density at radius 1 is 1.32 bits per heavy atom. The van der Waals surface area contributed by atoms with Gasteiger partial charge in [-0.2, -0.15) is 0 Å². The zero-order valence-electron chi connectivity index (χ0n) is 16.3. The lowest BCUT2D eigenvalue weighted by molar-refractivity contribution is 0.0568. The largest absolute Gasteiger partial charge is 0.490 e. The molecule has 4 rings (SSSR count). The number of benzene rings is 1. The topological polar surface area (TPSA) is 67.5 Å². The van der Waals surface area contributed by atoms with Crippen LogP contribution in [-0.2, 0) is 4.74 Å². The first-order valence-electron chi connectivity index (χ1n) is 9.15. The zero-order chi connectivity index (χ0) is 20.1. The van der Waals surface area contributed by atoms with Crippen LogP contribution in [-0.4, -0.2) is 34.8 Å². The van der Waals surface area contributed by atoms with Gasteiger partial charge in [0.1, 0.15) is 23.6 Å². The number of carbonyl (C=O) groups excluding carboxylic acids is 1. The molecule has 1 aliphatic heterocycles. The van der Waals surface area contributed by atoms with Crippen LogP contribution in [0.4, 0.5) is 10.5 Å². The highest BCUT2D eigenvalue weighted by atomic mass is 35.5. The number of H-pyrrole nitrogens is 1. The average Bonchev–Trinajstić information content (AvgIpc) is 2.96. The SMILES string of the molecule is Cc1[nH]c2nccc(Cl)c2c1-c1ccc2c(c1)N(C(=O)OC(C)(C)C)CCO2. The second kappa shape index (κ2) is 6.71. The number of halogens is 1. The summed E-state index contributed by atoms with van der Waals surface area (Å²) in [6.07, 6.45) is 1.29. The molecule has 7 heteroatoms. The molecule has 3 heterocycles. The van der Waals surface area contributed by atoms with Crippen molar-refractivity contribution in [2.24, 2.45) is 0 Å². The van der Waals surface area contributed by atoms with E-state index in [9.17, 15) is 4.79 Å². The maximum Gasteiger partial charge on any atom is 0.415 e. The molecule has 1 aliphatic rings. The van der Waals surface area contributed by atoms with E-state index in [4.69, 9.17) is 21.1 Å². The van der Waals surface area contributed by atoms with Crippen LogP contribution < -0.4 is 9.64 Å². The van der Waals surface area contributed by atoms with E-state index in [1.54, 1.807) is 17.2 Å². The third-order valence-electron chi connectivity index (χ3n) is 4.56. The highest BCUT2D eigenvalue weighted by molar-refractivity contribution is 6.36. The van der Waals surface area contributed by atoms with E-state index in [1.165, 1.54) is 0 Å². The van der Waals surface area contributed by atoms with Gasteiger partial charge in [0, 0.05) is 22.8 Å². The number of aromatic nitrogens is 2. The van der Waals surface area contributed by atoms with Crippen LogP contribution in [0.2, 0.25) is 5.02 Å². The molecule has 1 aromatic carbocycles. The predicted octanol–water partition coefficient (Wildman–Crippen LogP) is 5.33. The summed E-state index contributed by atoms with van der Waals surface area (Å²) in [5.41, 5.74) is 3.70. The first-order chi connectivity index (χ1) is 13.2. The lowest BCUT2D eigenvalue weighted by Gasteiger charge is -2.32. The van der Waals surface area contributed by atoms with Gasteiger partial charge in [-0.3, -0.25) is 4.90 Å². The molecule has 0 bridgehead atoms. The number of nitrogens with one attached hydrogen (secondary N) is 1. The average molecular weight is 400 g/mol. The monoisotopic (exact) mass is 399 g/mol. The summed E-state index contributed by atoms with van der Waals surface area (Å²) >= 11 is 6.45. The van der Waals surface area contributed by atoms with E-state index in [0.29, 0.717) is 29.6 Å². The minimum absolute atomic E-state index is 0.385. The lowest BCUT2D eigenvalue weighted by Crippen LogP contribution is -2.41. The fraction of sp³-hybridized carbons (Fsp3) is 0.333. The Balaban J connectivity index is 1.82. The Kier molecular flexibility index (Phi) is 4.46. The third kappa shape index (κ3) is 3.29. The van der Waals surface area contributed by atoms with Gasteiger partial charge in [0.25, 0.3) is 0 Å². The fourth-order valence-corrected chi connectivity index (χ4v) is 3.68. The van der Waals surface area contributed by atoms with Crippen LogP contribution in [0.3, 0.4) is 0 Å². The number of ether oxygens (including phenoxy) is 2. The Morgan fingerprint density at radius 2 is 2.11 bits per heavy atom. The minimum atomic E-state index is -0.570. The molecule has 0 aliphatic carbocycles. The van der Waals surface area contributed by atoms with Gasteiger partial charge in [0.2, 0.25) is 0 Å². The zero-order valence-corrected chi connectivity index (χ0v) is 17.1. The van der Waals surface area contributed by atoms with Crippen LogP contribution in [0.1, 0.15) is 26.5 Å². The van der Waals surface area contributed by atoms with Crippen LogP contribution in [0, 0.1) is 6.92 Å². The van der Waals surface area contributed by atoms with E-state index in [0.717, 1.165) is 27.9 Å². The molecular weight excluding hydrogens is 378 g/mol. The Hall–Kier alpha value is -2.73. The lowest BCUT2D eigenvalue weighted by atomic mass is 10.0. The second-order valence-electron chi connectivity index (χ2n) is 7.80. The molecule has 3 aromatic rings. The van der Waals surface area contributed by atoms with Gasteiger partial charge in [0.05, 0.1) is 17.3 Å². The van der Waals surface area contributed by atoms with Crippen LogP contribution in [0.15, 0.2) is 30.5 Å². The van der Waals surface area contributed by atoms with E-state index in [-0.39, 0.29) is 6.09 Å². The van der Waals surface area contributed by atoms with Gasteiger partial charge < -0.3 is 14.5 Å². The first-order valence-corrected chi connectivity index (χ1v) is 9.53. The van der Waals surface area contributed by atoms with Crippen molar-refractivity contribution in [3.05, 3.63) is 41.2 Å². The molecule has 0 unspecified atom stereocenters. The van der Waals surface area contributed by atoms with Crippen molar-refractivity contribution in [3.63, 3.8) is 0 Å². The summed E-state index contributed by atoms with van der Waals surface area (Å²) in [6.45, 7) is 8.40. The molecule has 1 N–H and O–H groups in total. The molecule has 146 valence electrons. The van der Waals surface area contributed by atoms with Crippen LogP contribution in [0.25, 0.3) is 22.2 Å². The van der Waals surface area contributed by atoms with Crippen molar-refractivity contribution in [3.8, 4) is 16.9 Å². The molecular formula is C21H22ClN3O3. The number of hydrogen-bond acceptors (Lipinski definition) is 4. The Bertz CT molecular complexity index is 1070. The molecule has 6 nitrogen and oxygen atoms in total. The Morgan fingerprint density at radius 3 is 2.86 bits per heavy atom. The summed E-state index contributed by atoms with van der Waals surface area (Å²) in [5.74, 6) is 0.655. The van der Waals surface area contributed by atoms with Gasteiger partial charge in [-0.15, -0.1) is 0 Å². The van der Waals surface area contributed by atoms with E-state index in [2.05, 4.69) is 9.97 Å². The number of pyridine rings is 1. The number of carbonyl (C=O) groups is 1. The van der Waals surface area contributed by atoms with Gasteiger partial charge in [0.15, 0.2) is 0 Å². The van der Waals surface area contributed by atoms with Gasteiger partial charge >= 0.3 is 6.09 Å². The molecule has 0 atom stereocenters. The normalized spacial score (nSPS) is 14.0. The summed E-state index contributed by atoms with van der Waals surface area (Å²) in [4.78, 5) is 22.0. The van der Waals surface area contributed by atoms with Crippen molar-refractivity contribution >= 4 is 34.4 Å². The van der Waals surface area contributed by atoms with Gasteiger partial charge in [-0.05, 0) is 51.5 Å². The number of anilines is 1.